The van der Waals surface area contributed by atoms with Crippen molar-refractivity contribution in [1.29, 1.82) is 0 Å². The molecule has 0 saturated heterocycles. The Balaban J connectivity index is 1.72. The van der Waals surface area contributed by atoms with Crippen LogP contribution in [0.5, 0.6) is 0 Å². The number of H-pyrrole nitrogens is 1. The Labute approximate surface area is 130 Å². The van der Waals surface area contributed by atoms with Gasteiger partial charge in [0.25, 0.3) is 0 Å². The van der Waals surface area contributed by atoms with Crippen LogP contribution < -0.4 is 0 Å². The minimum atomic E-state index is 0.682. The predicted molar refractivity (Wildman–Crippen MR) is 85.1 cm³/mol. The molecule has 0 spiro atoms. The van der Waals surface area contributed by atoms with E-state index in [0.29, 0.717) is 10.6 Å². The third-order valence-electron chi connectivity index (χ3n) is 3.02. The van der Waals surface area contributed by atoms with Crippen LogP contribution in [0.3, 0.4) is 0 Å². The van der Waals surface area contributed by atoms with Crippen molar-refractivity contribution in [3.8, 4) is 0 Å². The van der Waals surface area contributed by atoms with Gasteiger partial charge in [0.2, 0.25) is 0 Å². The zero-order valence-electron chi connectivity index (χ0n) is 10.2. The first-order chi connectivity index (χ1) is 9.20. The molecule has 3 rings (SSSR count). The van der Waals surface area contributed by atoms with Crippen molar-refractivity contribution in [2.24, 2.45) is 0 Å². The molecular formula is C14H13BrN2S2. The van der Waals surface area contributed by atoms with Crippen molar-refractivity contribution in [1.82, 2.24) is 9.97 Å². The van der Waals surface area contributed by atoms with Crippen LogP contribution in [-0.2, 0) is 5.75 Å². The summed E-state index contributed by atoms with van der Waals surface area (Å²) in [4.78, 5) is 9.06. The van der Waals surface area contributed by atoms with E-state index in [4.69, 9.17) is 12.2 Å². The zero-order valence-corrected chi connectivity index (χ0v) is 13.4. The van der Waals surface area contributed by atoms with Gasteiger partial charge in [-0.05, 0) is 49.1 Å². The van der Waals surface area contributed by atoms with Gasteiger partial charge in [-0.2, -0.15) is 0 Å². The molecular weight excluding hydrogens is 340 g/mol. The number of aromatic nitrogens is 2. The van der Waals surface area contributed by atoms with Crippen LogP contribution in [0, 0.1) is 4.64 Å². The highest BCUT2D eigenvalue weighted by Gasteiger charge is 2.24. The molecule has 1 aliphatic carbocycles. The largest absolute Gasteiger partial charge is 0.346 e. The van der Waals surface area contributed by atoms with Gasteiger partial charge in [0.15, 0.2) is 0 Å². The van der Waals surface area contributed by atoms with Crippen LogP contribution in [-0.4, -0.2) is 9.97 Å². The second-order valence-corrected chi connectivity index (χ2v) is 7.02. The molecule has 2 aromatic rings. The van der Waals surface area contributed by atoms with E-state index in [2.05, 4.69) is 50.2 Å². The molecule has 1 saturated carbocycles. The van der Waals surface area contributed by atoms with Gasteiger partial charge in [-0.25, -0.2) is 4.98 Å². The molecule has 0 atom stereocenters. The molecule has 1 aromatic heterocycles. The summed E-state index contributed by atoms with van der Waals surface area (Å²) in [6.45, 7) is 0. The van der Waals surface area contributed by atoms with E-state index < -0.39 is 0 Å². The molecule has 0 bridgehead atoms. The fourth-order valence-corrected chi connectivity index (χ4v) is 3.16. The van der Waals surface area contributed by atoms with Gasteiger partial charge < -0.3 is 4.98 Å². The predicted octanol–water partition coefficient (Wildman–Crippen LogP) is 5.07. The second kappa shape index (κ2) is 5.77. The molecule has 0 amide bonds. The van der Waals surface area contributed by atoms with Crippen molar-refractivity contribution in [3.05, 3.63) is 51.0 Å². The van der Waals surface area contributed by atoms with Gasteiger partial charge in [-0.3, -0.25) is 0 Å². The lowest BCUT2D eigenvalue weighted by atomic mass is 10.3. The lowest BCUT2D eigenvalue weighted by Crippen LogP contribution is -1.97. The minimum absolute atomic E-state index is 0.682. The first-order valence-corrected chi connectivity index (χ1v) is 8.38. The molecule has 5 heteroatoms. The summed E-state index contributed by atoms with van der Waals surface area (Å²) in [6.07, 6.45) is 2.54. The fourth-order valence-electron chi connectivity index (χ4n) is 1.89. The first kappa shape index (κ1) is 13.3. The summed E-state index contributed by atoms with van der Waals surface area (Å²) < 4.78 is 1.80. The van der Waals surface area contributed by atoms with Crippen LogP contribution >= 0.6 is 39.9 Å². The standard InChI is InChI=1S/C14H13BrN2S2/c15-10-3-5-11(6-4-10)19-8-13-16-12(9-1-2-9)7-14(18)17-13/h3-7,9H,1-2,8H2,(H,16,17,18). The van der Waals surface area contributed by atoms with E-state index >= 15 is 0 Å². The van der Waals surface area contributed by atoms with E-state index in [9.17, 15) is 0 Å². The van der Waals surface area contributed by atoms with Crippen molar-refractivity contribution in [2.45, 2.75) is 29.4 Å². The Morgan fingerprint density at radius 3 is 2.74 bits per heavy atom. The maximum Gasteiger partial charge on any atom is 0.130 e. The topological polar surface area (TPSA) is 28.7 Å². The average Bonchev–Trinajstić information content (AvgIpc) is 3.22. The Hall–Kier alpha value is -0.650. The molecule has 1 fully saturated rings. The quantitative estimate of drug-likeness (QED) is 0.614. The monoisotopic (exact) mass is 352 g/mol. The van der Waals surface area contributed by atoms with Crippen LogP contribution in [0.25, 0.3) is 0 Å². The average molecular weight is 353 g/mol. The molecule has 98 valence electrons. The molecule has 0 aliphatic heterocycles. The molecule has 1 heterocycles. The SMILES string of the molecule is S=c1cc(C2CC2)[nH]c(CSc2ccc(Br)cc2)n1. The first-order valence-electron chi connectivity index (χ1n) is 6.19. The highest BCUT2D eigenvalue weighted by Crippen LogP contribution is 2.39. The summed E-state index contributed by atoms with van der Waals surface area (Å²) in [5, 5.41) is 0. The number of thioether (sulfide) groups is 1. The number of hydrogen-bond acceptors (Lipinski definition) is 3. The lowest BCUT2D eigenvalue weighted by molar-refractivity contribution is 0.925. The van der Waals surface area contributed by atoms with Gasteiger partial charge in [-0.15, -0.1) is 11.8 Å². The molecule has 1 aromatic carbocycles. The Morgan fingerprint density at radius 1 is 1.32 bits per heavy atom. The van der Waals surface area contributed by atoms with Crippen LogP contribution in [0.4, 0.5) is 0 Å². The third-order valence-corrected chi connectivity index (χ3v) is 4.78. The number of benzene rings is 1. The number of aromatic amines is 1. The van der Waals surface area contributed by atoms with Gasteiger partial charge in [0.05, 0.1) is 5.75 Å². The normalized spacial score (nSPS) is 14.6. The lowest BCUT2D eigenvalue weighted by Gasteiger charge is -2.05. The van der Waals surface area contributed by atoms with Gasteiger partial charge in [0.1, 0.15) is 10.5 Å². The van der Waals surface area contributed by atoms with E-state index in [1.54, 1.807) is 11.8 Å². The molecule has 0 radical (unpaired) electrons. The minimum Gasteiger partial charge on any atom is -0.346 e. The van der Waals surface area contributed by atoms with Gasteiger partial charge in [-0.1, -0.05) is 28.1 Å². The highest BCUT2D eigenvalue weighted by molar-refractivity contribution is 9.10. The maximum atomic E-state index is 5.24. The van der Waals surface area contributed by atoms with E-state index in [1.165, 1.54) is 23.4 Å². The Kier molecular flexibility index (Phi) is 4.05. The number of hydrogen-bond donors (Lipinski definition) is 1. The molecule has 0 unspecified atom stereocenters. The number of nitrogens with zero attached hydrogens (tertiary/aromatic N) is 1. The zero-order chi connectivity index (χ0) is 13.2. The summed E-state index contributed by atoms with van der Waals surface area (Å²) in [6, 6.07) is 10.3. The van der Waals surface area contributed by atoms with Crippen LogP contribution in [0.2, 0.25) is 0 Å². The Morgan fingerprint density at radius 2 is 2.05 bits per heavy atom. The van der Waals surface area contributed by atoms with Gasteiger partial charge in [0, 0.05) is 15.1 Å². The smallest absolute Gasteiger partial charge is 0.130 e. The van der Waals surface area contributed by atoms with E-state index in [-0.39, 0.29) is 0 Å². The van der Waals surface area contributed by atoms with Crippen LogP contribution in [0.15, 0.2) is 39.7 Å². The van der Waals surface area contributed by atoms with E-state index in [0.717, 1.165) is 16.0 Å². The van der Waals surface area contributed by atoms with Gasteiger partial charge >= 0.3 is 0 Å². The maximum absolute atomic E-state index is 5.24. The van der Waals surface area contributed by atoms with Crippen molar-refractivity contribution < 1.29 is 0 Å². The summed E-state index contributed by atoms with van der Waals surface area (Å²) in [5.41, 5.74) is 1.26. The van der Waals surface area contributed by atoms with E-state index in [1.807, 2.05) is 6.07 Å². The van der Waals surface area contributed by atoms with Crippen molar-refractivity contribution >= 4 is 39.9 Å². The summed E-state index contributed by atoms with van der Waals surface area (Å²) in [5.74, 6) is 2.48. The number of halogens is 1. The number of rotatable bonds is 4. The number of nitrogens with one attached hydrogen (secondary N) is 1. The molecule has 1 N–H and O–H groups in total. The second-order valence-electron chi connectivity index (χ2n) is 4.64. The third kappa shape index (κ3) is 3.68. The molecule has 1 aliphatic rings. The molecule has 2 nitrogen and oxygen atoms in total. The highest BCUT2D eigenvalue weighted by atomic mass is 79.9. The summed E-state index contributed by atoms with van der Waals surface area (Å²) in [7, 11) is 0. The van der Waals surface area contributed by atoms with Crippen molar-refractivity contribution in [3.63, 3.8) is 0 Å². The molecule has 19 heavy (non-hydrogen) atoms. The fraction of sp³-hybridized carbons (Fsp3) is 0.286. The van der Waals surface area contributed by atoms with Crippen molar-refractivity contribution in [2.75, 3.05) is 0 Å². The summed E-state index contributed by atoms with van der Waals surface area (Å²) >= 11 is 10.4. The van der Waals surface area contributed by atoms with Crippen LogP contribution in [0.1, 0.15) is 30.3 Å². The Bertz CT molecular complexity index is 633.